The van der Waals surface area contributed by atoms with Gasteiger partial charge in [0.15, 0.2) is 5.76 Å². The fourth-order valence-corrected chi connectivity index (χ4v) is 3.29. The van der Waals surface area contributed by atoms with Gasteiger partial charge in [0.05, 0.1) is 5.69 Å². The largest absolute Gasteiger partial charge is 0.506 e. The number of nitrogens with one attached hydrogen (secondary N) is 1. The summed E-state index contributed by atoms with van der Waals surface area (Å²) in [5, 5.41) is 21.7. The number of hydrogen-bond acceptors (Lipinski definition) is 5. The molecule has 0 unspecified atom stereocenters. The number of benzene rings is 1. The SMILES string of the molecule is CCO[C@H]1OC(C(=O)Nc2ccccc2O)=C[C@@H](C(C)C)[C@H]1CCCO. The number of carbonyl (C=O) groups excluding carboxylic acids is 1. The van der Waals surface area contributed by atoms with Crippen LogP contribution in [0.3, 0.4) is 0 Å². The second-order valence-corrected chi connectivity index (χ2v) is 6.79. The lowest BCUT2D eigenvalue weighted by molar-refractivity contribution is -0.173. The van der Waals surface area contributed by atoms with E-state index in [2.05, 4.69) is 19.2 Å². The van der Waals surface area contributed by atoms with Gasteiger partial charge in [-0.15, -0.1) is 0 Å². The maximum absolute atomic E-state index is 12.6. The van der Waals surface area contributed by atoms with Crippen molar-refractivity contribution < 1.29 is 24.5 Å². The Morgan fingerprint density at radius 2 is 2.08 bits per heavy atom. The zero-order valence-electron chi connectivity index (χ0n) is 15.6. The molecule has 2 rings (SSSR count). The van der Waals surface area contributed by atoms with E-state index in [4.69, 9.17) is 9.47 Å². The highest BCUT2D eigenvalue weighted by atomic mass is 16.7. The molecule has 1 aliphatic heterocycles. The summed E-state index contributed by atoms with van der Waals surface area (Å²) in [4.78, 5) is 12.6. The van der Waals surface area contributed by atoms with Gasteiger partial charge in [0.25, 0.3) is 5.91 Å². The Hall–Kier alpha value is -2.05. The number of aliphatic hydroxyl groups excluding tert-OH is 1. The molecule has 1 aliphatic rings. The number of phenolic OH excluding ortho intramolecular Hbond substituents is 1. The minimum atomic E-state index is -0.533. The number of hydrogen-bond donors (Lipinski definition) is 3. The molecule has 0 saturated heterocycles. The molecule has 6 heteroatoms. The number of carbonyl (C=O) groups is 1. The zero-order chi connectivity index (χ0) is 19.1. The van der Waals surface area contributed by atoms with Crippen LogP contribution in [-0.4, -0.2) is 35.6 Å². The third-order valence-electron chi connectivity index (χ3n) is 4.60. The number of ether oxygens (including phenoxy) is 2. The maximum Gasteiger partial charge on any atom is 0.290 e. The van der Waals surface area contributed by atoms with Crippen LogP contribution in [0.25, 0.3) is 0 Å². The topological polar surface area (TPSA) is 88.0 Å². The van der Waals surface area contributed by atoms with Crippen LogP contribution in [-0.2, 0) is 14.3 Å². The number of para-hydroxylation sites is 2. The van der Waals surface area contributed by atoms with Gasteiger partial charge in [0, 0.05) is 19.1 Å². The van der Waals surface area contributed by atoms with Crippen LogP contribution in [0.2, 0.25) is 0 Å². The van der Waals surface area contributed by atoms with E-state index >= 15 is 0 Å². The van der Waals surface area contributed by atoms with Crippen molar-refractivity contribution in [1.29, 1.82) is 0 Å². The lowest BCUT2D eigenvalue weighted by atomic mass is 9.78. The summed E-state index contributed by atoms with van der Waals surface area (Å²) >= 11 is 0. The van der Waals surface area contributed by atoms with Gasteiger partial charge in [0.2, 0.25) is 6.29 Å². The molecule has 0 aromatic heterocycles. The lowest BCUT2D eigenvalue weighted by Crippen LogP contribution is -2.40. The highest BCUT2D eigenvalue weighted by Gasteiger charge is 2.38. The molecule has 3 N–H and O–H groups in total. The molecule has 26 heavy (non-hydrogen) atoms. The first-order valence-electron chi connectivity index (χ1n) is 9.18. The highest BCUT2D eigenvalue weighted by Crippen LogP contribution is 2.37. The number of amides is 1. The van der Waals surface area contributed by atoms with Gasteiger partial charge in [-0.1, -0.05) is 26.0 Å². The van der Waals surface area contributed by atoms with Crippen LogP contribution in [0.1, 0.15) is 33.6 Å². The molecule has 0 bridgehead atoms. The van der Waals surface area contributed by atoms with E-state index in [1.807, 2.05) is 13.0 Å². The third-order valence-corrected chi connectivity index (χ3v) is 4.60. The summed E-state index contributed by atoms with van der Waals surface area (Å²) in [7, 11) is 0. The molecule has 144 valence electrons. The van der Waals surface area contributed by atoms with Crippen LogP contribution in [0.15, 0.2) is 36.1 Å². The number of phenols is 1. The van der Waals surface area contributed by atoms with Gasteiger partial charge in [0.1, 0.15) is 5.75 Å². The predicted molar refractivity (Wildman–Crippen MR) is 99.5 cm³/mol. The Bertz CT molecular complexity index is 628. The van der Waals surface area contributed by atoms with Crippen molar-refractivity contribution in [2.24, 2.45) is 17.8 Å². The van der Waals surface area contributed by atoms with Crippen LogP contribution in [0, 0.1) is 17.8 Å². The van der Waals surface area contributed by atoms with Crippen molar-refractivity contribution in [2.75, 3.05) is 18.5 Å². The average molecular weight is 363 g/mol. The van der Waals surface area contributed by atoms with E-state index in [1.54, 1.807) is 18.2 Å². The first-order valence-corrected chi connectivity index (χ1v) is 9.18. The monoisotopic (exact) mass is 363 g/mol. The number of aliphatic hydroxyl groups is 1. The average Bonchev–Trinajstić information content (AvgIpc) is 2.62. The molecule has 0 spiro atoms. The third kappa shape index (κ3) is 4.99. The van der Waals surface area contributed by atoms with Crippen LogP contribution >= 0.6 is 0 Å². The molecule has 1 amide bonds. The highest BCUT2D eigenvalue weighted by molar-refractivity contribution is 6.03. The molecule has 1 aromatic carbocycles. The normalized spacial score (nSPS) is 22.7. The Labute approximate surface area is 154 Å². The Morgan fingerprint density at radius 3 is 2.69 bits per heavy atom. The van der Waals surface area contributed by atoms with E-state index in [-0.39, 0.29) is 30.0 Å². The molecule has 0 saturated carbocycles. The maximum atomic E-state index is 12.6. The Balaban J connectivity index is 2.23. The van der Waals surface area contributed by atoms with Crippen LogP contribution in [0.4, 0.5) is 5.69 Å². The van der Waals surface area contributed by atoms with E-state index in [9.17, 15) is 15.0 Å². The van der Waals surface area contributed by atoms with E-state index in [0.717, 1.165) is 6.42 Å². The molecular weight excluding hydrogens is 334 g/mol. The quantitative estimate of drug-likeness (QED) is 0.617. The standard InChI is InChI=1S/C20H29NO5/c1-4-25-20-14(8-7-11-22)15(13(2)3)12-18(26-20)19(24)21-16-9-5-6-10-17(16)23/h5-6,9-10,12-15,20,22-23H,4,7-8,11H2,1-3H3,(H,21,24)/t14-,15+,20+/m1/s1. The predicted octanol–water partition coefficient (Wildman–Crippen LogP) is 3.27. The second-order valence-electron chi connectivity index (χ2n) is 6.79. The lowest BCUT2D eigenvalue weighted by Gasteiger charge is -2.38. The molecular formula is C20H29NO5. The summed E-state index contributed by atoms with van der Waals surface area (Å²) in [5.41, 5.74) is 0.332. The summed E-state index contributed by atoms with van der Waals surface area (Å²) < 4.78 is 11.6. The van der Waals surface area contributed by atoms with Crippen molar-refractivity contribution in [1.82, 2.24) is 0 Å². The zero-order valence-corrected chi connectivity index (χ0v) is 15.6. The fourth-order valence-electron chi connectivity index (χ4n) is 3.29. The smallest absolute Gasteiger partial charge is 0.290 e. The fraction of sp³-hybridized carbons (Fsp3) is 0.550. The van der Waals surface area contributed by atoms with Crippen molar-refractivity contribution in [3.05, 3.63) is 36.1 Å². The van der Waals surface area contributed by atoms with Crippen LogP contribution < -0.4 is 5.32 Å². The number of anilines is 1. The number of rotatable bonds is 8. The molecule has 0 fully saturated rings. The number of allylic oxidation sites excluding steroid dienone is 1. The minimum Gasteiger partial charge on any atom is -0.506 e. The molecule has 0 aliphatic carbocycles. The van der Waals surface area contributed by atoms with Gasteiger partial charge >= 0.3 is 0 Å². The van der Waals surface area contributed by atoms with Gasteiger partial charge in [-0.3, -0.25) is 4.79 Å². The summed E-state index contributed by atoms with van der Waals surface area (Å²) in [6, 6.07) is 6.56. The van der Waals surface area contributed by atoms with Gasteiger partial charge in [-0.2, -0.15) is 0 Å². The van der Waals surface area contributed by atoms with Crippen molar-refractivity contribution >= 4 is 11.6 Å². The van der Waals surface area contributed by atoms with E-state index < -0.39 is 12.2 Å². The summed E-state index contributed by atoms with van der Waals surface area (Å²) in [5.74, 6) is 0.243. The molecule has 0 radical (unpaired) electrons. The van der Waals surface area contributed by atoms with E-state index in [0.29, 0.717) is 24.6 Å². The van der Waals surface area contributed by atoms with Gasteiger partial charge in [-0.25, -0.2) is 0 Å². The molecule has 3 atom stereocenters. The van der Waals surface area contributed by atoms with Crippen molar-refractivity contribution in [3.63, 3.8) is 0 Å². The number of aromatic hydroxyl groups is 1. The second kappa shape index (κ2) is 9.59. The van der Waals surface area contributed by atoms with Gasteiger partial charge < -0.3 is 25.0 Å². The molecule has 1 heterocycles. The Kier molecular flexibility index (Phi) is 7.48. The molecule has 6 nitrogen and oxygen atoms in total. The Morgan fingerprint density at radius 1 is 1.35 bits per heavy atom. The first kappa shape index (κ1) is 20.3. The summed E-state index contributed by atoms with van der Waals surface area (Å²) in [6.07, 6.45) is 2.73. The first-order chi connectivity index (χ1) is 12.5. The van der Waals surface area contributed by atoms with Crippen molar-refractivity contribution in [2.45, 2.75) is 39.9 Å². The minimum absolute atomic E-state index is 0.000139. The summed E-state index contributed by atoms with van der Waals surface area (Å²) in [6.45, 7) is 6.67. The van der Waals surface area contributed by atoms with Gasteiger partial charge in [-0.05, 0) is 49.8 Å². The van der Waals surface area contributed by atoms with Crippen molar-refractivity contribution in [3.8, 4) is 5.75 Å². The van der Waals surface area contributed by atoms with E-state index in [1.165, 1.54) is 6.07 Å². The van der Waals surface area contributed by atoms with Crippen LogP contribution in [0.5, 0.6) is 5.75 Å². The molecule has 1 aromatic rings.